The van der Waals surface area contributed by atoms with E-state index in [0.29, 0.717) is 22.3 Å². The minimum absolute atomic E-state index is 0.0634. The number of aryl methyl sites for hydroxylation is 4. The van der Waals surface area contributed by atoms with Crippen LogP contribution in [0.4, 0.5) is 0 Å². The summed E-state index contributed by atoms with van der Waals surface area (Å²) in [7, 11) is -12.5. The SMILES string of the molecule is Cc1ccc(C)c(S(=O)(=O)N(Cc2ccccc2)[C@H]2CS(=O)(=O)C[C@@H]2N(Cc2ccccc2)S(=O)(=O)c2cc(C)ccc2C)c1. The summed E-state index contributed by atoms with van der Waals surface area (Å²) in [5.41, 5.74) is 3.80. The molecule has 0 N–H and O–H groups in total. The van der Waals surface area contributed by atoms with Gasteiger partial charge in [-0.05, 0) is 73.2 Å². The van der Waals surface area contributed by atoms with Gasteiger partial charge in [0.15, 0.2) is 9.84 Å². The normalized spacial score (nSPS) is 18.4. The molecule has 2 atom stereocenters. The van der Waals surface area contributed by atoms with Crippen LogP contribution in [0.2, 0.25) is 0 Å². The number of sulfonamides is 2. The molecule has 0 bridgehead atoms. The van der Waals surface area contributed by atoms with Crippen molar-refractivity contribution in [2.24, 2.45) is 0 Å². The fourth-order valence-electron chi connectivity index (χ4n) is 5.87. The monoisotopic (exact) mass is 666 g/mol. The van der Waals surface area contributed by atoms with Crippen molar-refractivity contribution >= 4 is 29.9 Å². The molecule has 1 aliphatic rings. The first-order chi connectivity index (χ1) is 21.2. The van der Waals surface area contributed by atoms with Crippen LogP contribution < -0.4 is 0 Å². The summed E-state index contributed by atoms with van der Waals surface area (Å²) < 4.78 is 87.9. The van der Waals surface area contributed by atoms with Gasteiger partial charge in [-0.1, -0.05) is 84.9 Å². The van der Waals surface area contributed by atoms with Crippen LogP contribution in [0.1, 0.15) is 33.4 Å². The molecule has 0 unspecified atom stereocenters. The van der Waals surface area contributed by atoms with Gasteiger partial charge < -0.3 is 0 Å². The van der Waals surface area contributed by atoms with Crippen LogP contribution in [0.3, 0.4) is 0 Å². The van der Waals surface area contributed by atoms with Gasteiger partial charge in [0.25, 0.3) is 0 Å². The molecule has 1 saturated heterocycles. The first kappa shape index (κ1) is 33.0. The zero-order valence-electron chi connectivity index (χ0n) is 25.8. The third-order valence-corrected chi connectivity index (χ3v) is 14.0. The molecule has 0 amide bonds. The molecule has 1 heterocycles. The molecular formula is C34H38N2O6S3. The summed E-state index contributed by atoms with van der Waals surface area (Å²) in [5, 5.41) is 0. The molecule has 8 nitrogen and oxygen atoms in total. The quantitative estimate of drug-likeness (QED) is 0.231. The Labute approximate surface area is 267 Å². The van der Waals surface area contributed by atoms with E-state index < -0.39 is 53.5 Å². The van der Waals surface area contributed by atoms with Crippen molar-refractivity contribution in [3.05, 3.63) is 130 Å². The molecule has 4 aromatic carbocycles. The molecule has 4 aromatic rings. The summed E-state index contributed by atoms with van der Waals surface area (Å²) in [6.07, 6.45) is 0. The van der Waals surface area contributed by atoms with Crippen LogP contribution in [0, 0.1) is 27.7 Å². The molecule has 0 saturated carbocycles. The summed E-state index contributed by atoms with van der Waals surface area (Å²) in [6, 6.07) is 25.7. The Kier molecular flexibility index (Phi) is 9.40. The second-order valence-electron chi connectivity index (χ2n) is 11.8. The van der Waals surface area contributed by atoms with Crippen LogP contribution >= 0.6 is 0 Å². The van der Waals surface area contributed by atoms with E-state index in [0.717, 1.165) is 11.1 Å². The third kappa shape index (κ3) is 7.07. The van der Waals surface area contributed by atoms with Crippen molar-refractivity contribution in [1.29, 1.82) is 0 Å². The van der Waals surface area contributed by atoms with E-state index in [1.165, 1.54) is 8.61 Å². The Bertz CT molecular complexity index is 1870. The molecule has 5 rings (SSSR count). The summed E-state index contributed by atoms with van der Waals surface area (Å²) >= 11 is 0. The number of benzene rings is 4. The van der Waals surface area contributed by atoms with E-state index in [2.05, 4.69) is 0 Å². The molecule has 45 heavy (non-hydrogen) atoms. The van der Waals surface area contributed by atoms with E-state index in [1.54, 1.807) is 100 Å². The van der Waals surface area contributed by atoms with Crippen molar-refractivity contribution in [1.82, 2.24) is 8.61 Å². The lowest BCUT2D eigenvalue weighted by atomic mass is 10.1. The number of hydrogen-bond acceptors (Lipinski definition) is 6. The molecule has 0 aromatic heterocycles. The fourth-order valence-corrected chi connectivity index (χ4v) is 11.9. The fraction of sp³-hybridized carbons (Fsp3) is 0.294. The third-order valence-electron chi connectivity index (χ3n) is 8.26. The van der Waals surface area contributed by atoms with Crippen molar-refractivity contribution in [3.63, 3.8) is 0 Å². The predicted octanol–water partition coefficient (Wildman–Crippen LogP) is 5.17. The number of sulfone groups is 1. The maximum Gasteiger partial charge on any atom is 0.243 e. The molecule has 11 heteroatoms. The van der Waals surface area contributed by atoms with Crippen LogP contribution in [0.5, 0.6) is 0 Å². The first-order valence-electron chi connectivity index (χ1n) is 14.7. The maximum atomic E-state index is 14.6. The maximum absolute atomic E-state index is 14.6. The second kappa shape index (κ2) is 12.8. The largest absolute Gasteiger partial charge is 0.243 e. The van der Waals surface area contributed by atoms with Crippen molar-refractivity contribution in [3.8, 4) is 0 Å². The van der Waals surface area contributed by atoms with Gasteiger partial charge in [0.1, 0.15) is 0 Å². The van der Waals surface area contributed by atoms with Crippen LogP contribution in [-0.4, -0.2) is 57.5 Å². The van der Waals surface area contributed by atoms with E-state index in [4.69, 9.17) is 0 Å². The molecule has 0 aliphatic carbocycles. The second-order valence-corrected chi connectivity index (χ2v) is 17.7. The van der Waals surface area contributed by atoms with Gasteiger partial charge in [0.2, 0.25) is 20.0 Å². The van der Waals surface area contributed by atoms with Crippen molar-refractivity contribution in [2.75, 3.05) is 11.5 Å². The predicted molar refractivity (Wildman–Crippen MR) is 176 cm³/mol. The lowest BCUT2D eigenvalue weighted by molar-refractivity contribution is 0.219. The summed E-state index contributed by atoms with van der Waals surface area (Å²) in [6.45, 7) is 6.72. The van der Waals surface area contributed by atoms with Gasteiger partial charge in [0.05, 0.1) is 33.4 Å². The zero-order valence-corrected chi connectivity index (χ0v) is 28.2. The first-order valence-corrected chi connectivity index (χ1v) is 19.4. The van der Waals surface area contributed by atoms with Crippen LogP contribution in [-0.2, 0) is 43.0 Å². The highest BCUT2D eigenvalue weighted by Crippen LogP contribution is 2.35. The van der Waals surface area contributed by atoms with Gasteiger partial charge in [-0.25, -0.2) is 25.3 Å². The lowest BCUT2D eigenvalue weighted by Crippen LogP contribution is -2.54. The lowest BCUT2D eigenvalue weighted by Gasteiger charge is -2.37. The molecular weight excluding hydrogens is 629 g/mol. The van der Waals surface area contributed by atoms with Crippen LogP contribution in [0.15, 0.2) is 107 Å². The molecule has 1 aliphatic heterocycles. The molecule has 0 radical (unpaired) electrons. The highest BCUT2D eigenvalue weighted by Gasteiger charge is 2.51. The van der Waals surface area contributed by atoms with Gasteiger partial charge in [-0.15, -0.1) is 0 Å². The Morgan fingerprint density at radius 3 is 1.29 bits per heavy atom. The van der Waals surface area contributed by atoms with E-state index in [-0.39, 0.29) is 22.9 Å². The molecule has 1 fully saturated rings. The zero-order chi connectivity index (χ0) is 32.6. The van der Waals surface area contributed by atoms with Gasteiger partial charge in [0, 0.05) is 13.1 Å². The topological polar surface area (TPSA) is 109 Å². The number of hydrogen-bond donors (Lipinski definition) is 0. The van der Waals surface area contributed by atoms with E-state index in [1.807, 2.05) is 24.3 Å². The molecule has 238 valence electrons. The van der Waals surface area contributed by atoms with Crippen molar-refractivity contribution < 1.29 is 25.3 Å². The standard InChI is InChI=1S/C34H38N2O6S3/c1-25-15-17-27(3)33(19-25)44(39,40)35(21-29-11-7-5-8-12-29)31-23-43(37,38)24-32(31)36(22-30-13-9-6-10-14-30)45(41,42)34-20-26(2)16-18-28(34)4/h5-20,31-32H,21-24H2,1-4H3/t31-,32-/m0/s1. The van der Waals surface area contributed by atoms with Gasteiger partial charge in [-0.3, -0.25) is 0 Å². The Hall–Kier alpha value is -3.35. The van der Waals surface area contributed by atoms with Gasteiger partial charge >= 0.3 is 0 Å². The number of rotatable bonds is 10. The highest BCUT2D eigenvalue weighted by molar-refractivity contribution is 7.92. The average molecular weight is 667 g/mol. The summed E-state index contributed by atoms with van der Waals surface area (Å²) in [5.74, 6) is -1.02. The van der Waals surface area contributed by atoms with Crippen molar-refractivity contribution in [2.45, 2.75) is 62.7 Å². The summed E-state index contributed by atoms with van der Waals surface area (Å²) in [4.78, 5) is 0.127. The Balaban J connectivity index is 1.72. The Morgan fingerprint density at radius 2 is 0.933 bits per heavy atom. The number of nitrogens with zero attached hydrogens (tertiary/aromatic N) is 2. The van der Waals surface area contributed by atoms with E-state index >= 15 is 0 Å². The Morgan fingerprint density at radius 1 is 0.578 bits per heavy atom. The minimum atomic E-state index is -4.30. The van der Waals surface area contributed by atoms with E-state index in [9.17, 15) is 25.3 Å². The molecule has 0 spiro atoms. The highest BCUT2D eigenvalue weighted by atomic mass is 32.2. The van der Waals surface area contributed by atoms with Crippen LogP contribution in [0.25, 0.3) is 0 Å². The van der Waals surface area contributed by atoms with Gasteiger partial charge in [-0.2, -0.15) is 8.61 Å². The smallest absolute Gasteiger partial charge is 0.229 e. The average Bonchev–Trinajstić information content (AvgIpc) is 3.32. The minimum Gasteiger partial charge on any atom is -0.229 e.